The number of nitrogens with zero attached hydrogens (tertiary/aromatic N) is 3. The normalized spacial score (nSPS) is 13.2. The van der Waals surface area contributed by atoms with Gasteiger partial charge in [0.15, 0.2) is 9.84 Å². The maximum Gasteiger partial charge on any atom is 0.222 e. The van der Waals surface area contributed by atoms with Gasteiger partial charge in [0, 0.05) is 12.4 Å². The zero-order valence-electron chi connectivity index (χ0n) is 15.1. The monoisotopic (exact) mass is 403 g/mol. The molecule has 7 nitrogen and oxygen atoms in total. The van der Waals surface area contributed by atoms with E-state index in [1.807, 2.05) is 6.07 Å². The van der Waals surface area contributed by atoms with Crippen LogP contribution < -0.4 is 9.47 Å². The highest BCUT2D eigenvalue weighted by molar-refractivity contribution is 7.90. The van der Waals surface area contributed by atoms with Crippen LogP contribution in [0, 0.1) is 5.82 Å². The van der Waals surface area contributed by atoms with Crippen molar-refractivity contribution in [3.63, 3.8) is 0 Å². The maximum atomic E-state index is 13.7. The van der Waals surface area contributed by atoms with Crippen LogP contribution in [0.2, 0.25) is 0 Å². The first-order chi connectivity index (χ1) is 13.5. The SMILES string of the molecule is CCOc1ccc(F)cc1S(=O)(=O)Cc1cnc2c(c1)-c1ccnn1CCO2. The van der Waals surface area contributed by atoms with Crippen molar-refractivity contribution in [2.45, 2.75) is 24.1 Å². The lowest BCUT2D eigenvalue weighted by atomic mass is 10.1. The Morgan fingerprint density at radius 3 is 2.96 bits per heavy atom. The highest BCUT2D eigenvalue weighted by Crippen LogP contribution is 2.33. The van der Waals surface area contributed by atoms with E-state index in [4.69, 9.17) is 9.47 Å². The Morgan fingerprint density at radius 2 is 2.14 bits per heavy atom. The van der Waals surface area contributed by atoms with E-state index in [1.54, 1.807) is 23.9 Å². The number of fused-ring (bicyclic) bond motifs is 3. The minimum atomic E-state index is -3.86. The number of halogens is 1. The van der Waals surface area contributed by atoms with Crippen LogP contribution in [0.3, 0.4) is 0 Å². The van der Waals surface area contributed by atoms with Crippen molar-refractivity contribution in [2.75, 3.05) is 13.2 Å². The van der Waals surface area contributed by atoms with E-state index in [1.165, 1.54) is 18.3 Å². The summed E-state index contributed by atoms with van der Waals surface area (Å²) in [6.07, 6.45) is 3.14. The first-order valence-corrected chi connectivity index (χ1v) is 10.4. The third-order valence-corrected chi connectivity index (χ3v) is 6.04. The lowest BCUT2D eigenvalue weighted by Gasteiger charge is -2.12. The lowest BCUT2D eigenvalue weighted by molar-refractivity contribution is 0.290. The van der Waals surface area contributed by atoms with E-state index in [9.17, 15) is 12.8 Å². The summed E-state index contributed by atoms with van der Waals surface area (Å²) < 4.78 is 52.4. The van der Waals surface area contributed by atoms with Crippen LogP contribution >= 0.6 is 0 Å². The summed E-state index contributed by atoms with van der Waals surface area (Å²) in [5, 5.41) is 4.24. The van der Waals surface area contributed by atoms with E-state index in [0.29, 0.717) is 30.2 Å². The van der Waals surface area contributed by atoms with Gasteiger partial charge in [-0.15, -0.1) is 0 Å². The van der Waals surface area contributed by atoms with Gasteiger partial charge in [0.1, 0.15) is 23.1 Å². The molecule has 0 amide bonds. The van der Waals surface area contributed by atoms with Crippen LogP contribution in [-0.2, 0) is 22.1 Å². The van der Waals surface area contributed by atoms with Gasteiger partial charge in [0.05, 0.1) is 30.2 Å². The number of pyridine rings is 1. The summed E-state index contributed by atoms with van der Waals surface area (Å²) in [4.78, 5) is 4.10. The number of rotatable bonds is 5. The number of aromatic nitrogens is 3. The predicted molar refractivity (Wildman–Crippen MR) is 99.4 cm³/mol. The van der Waals surface area contributed by atoms with E-state index in [2.05, 4.69) is 10.1 Å². The fourth-order valence-electron chi connectivity index (χ4n) is 3.14. The van der Waals surface area contributed by atoms with Crippen LogP contribution in [0.15, 0.2) is 47.6 Å². The van der Waals surface area contributed by atoms with Gasteiger partial charge in [-0.25, -0.2) is 17.8 Å². The van der Waals surface area contributed by atoms with E-state index in [-0.39, 0.29) is 23.0 Å². The molecule has 0 spiro atoms. The Hall–Kier alpha value is -2.94. The Bertz CT molecular complexity index is 1130. The number of ether oxygens (including phenoxy) is 2. The number of benzene rings is 1. The van der Waals surface area contributed by atoms with Gasteiger partial charge < -0.3 is 9.47 Å². The summed E-state index contributed by atoms with van der Waals surface area (Å²) in [5.41, 5.74) is 1.94. The largest absolute Gasteiger partial charge is 0.493 e. The van der Waals surface area contributed by atoms with Crippen molar-refractivity contribution in [1.29, 1.82) is 0 Å². The molecule has 0 radical (unpaired) electrons. The third-order valence-electron chi connectivity index (χ3n) is 4.34. The minimum absolute atomic E-state index is 0.132. The first-order valence-electron chi connectivity index (χ1n) is 8.77. The van der Waals surface area contributed by atoms with E-state index >= 15 is 0 Å². The molecule has 0 bridgehead atoms. The van der Waals surface area contributed by atoms with Gasteiger partial charge in [-0.2, -0.15) is 5.10 Å². The minimum Gasteiger partial charge on any atom is -0.493 e. The Kier molecular flexibility index (Phi) is 4.76. The van der Waals surface area contributed by atoms with Crippen molar-refractivity contribution in [2.24, 2.45) is 0 Å². The number of hydrogen-bond donors (Lipinski definition) is 0. The summed E-state index contributed by atoms with van der Waals surface area (Å²) in [6, 6.07) is 7.03. The molecular formula is C19H18FN3O4S. The quantitative estimate of drug-likeness (QED) is 0.651. The molecule has 1 aromatic carbocycles. The second-order valence-electron chi connectivity index (χ2n) is 6.27. The molecule has 146 valence electrons. The van der Waals surface area contributed by atoms with Crippen LogP contribution in [0.5, 0.6) is 11.6 Å². The molecule has 1 aliphatic rings. The smallest absolute Gasteiger partial charge is 0.222 e. The molecule has 1 aliphatic heterocycles. The van der Waals surface area contributed by atoms with Crippen molar-refractivity contribution < 1.29 is 22.3 Å². The van der Waals surface area contributed by atoms with Crippen LogP contribution in [0.1, 0.15) is 12.5 Å². The highest BCUT2D eigenvalue weighted by Gasteiger charge is 2.24. The zero-order chi connectivity index (χ0) is 19.7. The molecule has 0 atom stereocenters. The number of hydrogen-bond acceptors (Lipinski definition) is 6. The molecule has 0 saturated heterocycles. The summed E-state index contributed by atoms with van der Waals surface area (Å²) in [5.74, 6) is -0.418. The summed E-state index contributed by atoms with van der Waals surface area (Å²) in [6.45, 7) is 3.01. The second-order valence-corrected chi connectivity index (χ2v) is 8.23. The Balaban J connectivity index is 1.72. The van der Waals surface area contributed by atoms with Gasteiger partial charge in [-0.1, -0.05) is 0 Å². The third kappa shape index (κ3) is 3.45. The Morgan fingerprint density at radius 1 is 1.29 bits per heavy atom. The average molecular weight is 403 g/mol. The van der Waals surface area contributed by atoms with Gasteiger partial charge >= 0.3 is 0 Å². The highest BCUT2D eigenvalue weighted by atomic mass is 32.2. The molecule has 0 fully saturated rings. The van der Waals surface area contributed by atoms with E-state index in [0.717, 1.165) is 11.8 Å². The molecule has 3 heterocycles. The van der Waals surface area contributed by atoms with Crippen LogP contribution in [0.25, 0.3) is 11.3 Å². The van der Waals surface area contributed by atoms with Crippen molar-refractivity contribution >= 4 is 9.84 Å². The van der Waals surface area contributed by atoms with Crippen LogP contribution in [-0.4, -0.2) is 36.4 Å². The van der Waals surface area contributed by atoms with E-state index < -0.39 is 15.7 Å². The summed E-state index contributed by atoms with van der Waals surface area (Å²) in [7, 11) is -3.86. The Labute approximate surface area is 161 Å². The van der Waals surface area contributed by atoms with Gasteiger partial charge in [-0.05, 0) is 42.8 Å². The fourth-order valence-corrected chi connectivity index (χ4v) is 4.62. The summed E-state index contributed by atoms with van der Waals surface area (Å²) >= 11 is 0. The number of sulfone groups is 1. The molecule has 9 heteroatoms. The maximum absolute atomic E-state index is 13.7. The van der Waals surface area contributed by atoms with Gasteiger partial charge in [-0.3, -0.25) is 4.68 Å². The lowest BCUT2D eigenvalue weighted by Crippen LogP contribution is -2.09. The van der Waals surface area contributed by atoms with Crippen molar-refractivity contribution in [3.8, 4) is 22.9 Å². The van der Waals surface area contributed by atoms with Crippen molar-refractivity contribution in [3.05, 3.63) is 54.1 Å². The van der Waals surface area contributed by atoms with Gasteiger partial charge in [0.2, 0.25) is 5.88 Å². The standard InChI is InChI=1S/C19H18FN3O4S/c1-2-26-17-4-3-14(20)10-18(17)28(24,25)12-13-9-15-16-5-6-22-23(16)7-8-27-19(15)21-11-13/h3-6,9-11H,2,7-8,12H2,1H3. The molecule has 3 aromatic rings. The molecule has 0 N–H and O–H groups in total. The second kappa shape index (κ2) is 7.23. The zero-order valence-corrected chi connectivity index (χ0v) is 15.9. The predicted octanol–water partition coefficient (Wildman–Crippen LogP) is 2.85. The topological polar surface area (TPSA) is 83.3 Å². The fraction of sp³-hybridized carbons (Fsp3) is 0.263. The molecule has 0 aliphatic carbocycles. The molecule has 2 aromatic heterocycles. The molecule has 0 saturated carbocycles. The first kappa shape index (κ1) is 18.4. The molecule has 28 heavy (non-hydrogen) atoms. The average Bonchev–Trinajstić information content (AvgIpc) is 3.06. The van der Waals surface area contributed by atoms with Crippen LogP contribution in [0.4, 0.5) is 4.39 Å². The molecule has 0 unspecified atom stereocenters. The van der Waals surface area contributed by atoms with Gasteiger partial charge in [0.25, 0.3) is 0 Å². The molecular weight excluding hydrogens is 385 g/mol. The molecule has 4 rings (SSSR count). The van der Waals surface area contributed by atoms with Crippen molar-refractivity contribution in [1.82, 2.24) is 14.8 Å².